The Labute approximate surface area is 97.2 Å². The molecule has 0 bridgehead atoms. The second-order valence-electron chi connectivity index (χ2n) is 3.66. The Morgan fingerprint density at radius 1 is 1.62 bits per heavy atom. The number of carbonyl (C=O) groups excluding carboxylic acids is 1. The number of nitrogens with zero attached hydrogens (tertiary/aromatic N) is 2. The fourth-order valence-electron chi connectivity index (χ4n) is 1.63. The Balaban J connectivity index is 1.77. The van der Waals surface area contributed by atoms with Crippen LogP contribution in [0.2, 0.25) is 0 Å². The molecule has 2 rings (SSSR count). The second kappa shape index (κ2) is 4.75. The summed E-state index contributed by atoms with van der Waals surface area (Å²) in [6.07, 6.45) is 2.02. The van der Waals surface area contributed by atoms with Crippen molar-refractivity contribution in [2.45, 2.75) is 31.9 Å². The van der Waals surface area contributed by atoms with Crippen molar-refractivity contribution >= 4 is 22.4 Å². The van der Waals surface area contributed by atoms with Crippen molar-refractivity contribution in [2.24, 2.45) is 0 Å². The van der Waals surface area contributed by atoms with Gasteiger partial charge in [-0.1, -0.05) is 11.3 Å². The van der Waals surface area contributed by atoms with Gasteiger partial charge in [0.05, 0.1) is 6.10 Å². The van der Waals surface area contributed by atoms with Gasteiger partial charge in [0.1, 0.15) is 0 Å². The molecule has 0 radical (unpaired) electrons. The Morgan fingerprint density at radius 3 is 2.94 bits per heavy atom. The van der Waals surface area contributed by atoms with Crippen LogP contribution < -0.4 is 11.1 Å². The normalized spacial score (nSPS) is 23.8. The summed E-state index contributed by atoms with van der Waals surface area (Å²) < 4.78 is 5.40. The lowest BCUT2D eigenvalue weighted by Crippen LogP contribution is -2.47. The van der Waals surface area contributed by atoms with Crippen LogP contribution in [0.3, 0.4) is 0 Å². The van der Waals surface area contributed by atoms with Crippen molar-refractivity contribution in [2.75, 3.05) is 12.3 Å². The first kappa shape index (κ1) is 11.3. The molecule has 1 aromatic heterocycles. The van der Waals surface area contributed by atoms with Crippen molar-refractivity contribution in [3.05, 3.63) is 5.01 Å². The number of anilines is 1. The van der Waals surface area contributed by atoms with Gasteiger partial charge in [-0.3, -0.25) is 4.79 Å². The highest BCUT2D eigenvalue weighted by Gasteiger charge is 2.31. The second-order valence-corrected chi connectivity index (χ2v) is 4.67. The average Bonchev–Trinajstić information content (AvgIpc) is 2.61. The predicted octanol–water partition coefficient (Wildman–Crippen LogP) is 0.418. The number of nitrogen functional groups attached to an aromatic ring is 1. The van der Waals surface area contributed by atoms with Gasteiger partial charge in [-0.2, -0.15) is 0 Å². The van der Waals surface area contributed by atoms with Gasteiger partial charge in [0.25, 0.3) is 5.91 Å². The zero-order chi connectivity index (χ0) is 11.5. The fourth-order valence-corrected chi connectivity index (χ4v) is 2.14. The summed E-state index contributed by atoms with van der Waals surface area (Å²) in [5.74, 6) is -0.200. The van der Waals surface area contributed by atoms with Gasteiger partial charge >= 0.3 is 0 Å². The summed E-state index contributed by atoms with van der Waals surface area (Å²) in [5, 5.41) is 10.8. The zero-order valence-corrected chi connectivity index (χ0v) is 9.79. The van der Waals surface area contributed by atoms with E-state index in [0.717, 1.165) is 30.8 Å². The van der Waals surface area contributed by atoms with Crippen LogP contribution in [0.4, 0.5) is 5.13 Å². The lowest BCUT2D eigenvalue weighted by molar-refractivity contribution is -0.00863. The number of nitrogens with two attached hydrogens (primary N) is 1. The van der Waals surface area contributed by atoms with Gasteiger partial charge in [0.15, 0.2) is 0 Å². The number of carbonyl (C=O) groups is 1. The first-order valence-corrected chi connectivity index (χ1v) is 6.02. The number of nitrogens with one attached hydrogen (secondary N) is 1. The number of aromatic nitrogens is 2. The van der Waals surface area contributed by atoms with E-state index in [4.69, 9.17) is 10.5 Å². The van der Waals surface area contributed by atoms with E-state index in [1.165, 1.54) is 0 Å². The van der Waals surface area contributed by atoms with E-state index in [2.05, 4.69) is 15.5 Å². The lowest BCUT2D eigenvalue weighted by atomic mass is 9.89. The maximum atomic E-state index is 11.6. The molecule has 0 saturated heterocycles. The third-order valence-corrected chi connectivity index (χ3v) is 3.22. The smallest absolute Gasteiger partial charge is 0.282 e. The Morgan fingerprint density at radius 2 is 2.38 bits per heavy atom. The topological polar surface area (TPSA) is 90.1 Å². The maximum absolute atomic E-state index is 11.6. The van der Waals surface area contributed by atoms with Gasteiger partial charge in [-0.25, -0.2) is 0 Å². The van der Waals surface area contributed by atoms with Crippen LogP contribution in [0.15, 0.2) is 0 Å². The highest BCUT2D eigenvalue weighted by atomic mass is 32.1. The van der Waals surface area contributed by atoms with Gasteiger partial charge in [0, 0.05) is 12.6 Å². The number of hydrogen-bond donors (Lipinski definition) is 2. The Bertz CT molecular complexity index is 375. The SMILES string of the molecule is CCOC1CC(NC(=O)c2nnc(N)s2)C1. The minimum Gasteiger partial charge on any atom is -0.378 e. The molecule has 0 aromatic carbocycles. The molecule has 6 nitrogen and oxygen atoms in total. The Hall–Kier alpha value is -1.21. The minimum atomic E-state index is -0.200. The summed E-state index contributed by atoms with van der Waals surface area (Å²) in [7, 11) is 0. The summed E-state index contributed by atoms with van der Waals surface area (Å²) in [4.78, 5) is 11.6. The molecule has 0 aliphatic heterocycles. The van der Waals surface area contributed by atoms with E-state index >= 15 is 0 Å². The van der Waals surface area contributed by atoms with Crippen LogP contribution >= 0.6 is 11.3 Å². The molecule has 1 amide bonds. The molecule has 88 valence electrons. The predicted molar refractivity (Wildman–Crippen MR) is 60.2 cm³/mol. The summed E-state index contributed by atoms with van der Waals surface area (Å²) in [5.41, 5.74) is 5.40. The van der Waals surface area contributed by atoms with Crippen molar-refractivity contribution in [3.8, 4) is 0 Å². The molecule has 0 spiro atoms. The molecule has 1 heterocycles. The number of hydrogen-bond acceptors (Lipinski definition) is 6. The number of amides is 1. The van der Waals surface area contributed by atoms with Crippen molar-refractivity contribution < 1.29 is 9.53 Å². The first-order valence-electron chi connectivity index (χ1n) is 5.20. The van der Waals surface area contributed by atoms with Crippen LogP contribution in [-0.4, -0.2) is 34.9 Å². The largest absolute Gasteiger partial charge is 0.378 e. The highest BCUT2D eigenvalue weighted by molar-refractivity contribution is 7.16. The molecule has 1 aliphatic carbocycles. The van der Waals surface area contributed by atoms with E-state index < -0.39 is 0 Å². The van der Waals surface area contributed by atoms with Crippen LogP contribution in [-0.2, 0) is 4.74 Å². The van der Waals surface area contributed by atoms with Crippen LogP contribution in [0, 0.1) is 0 Å². The summed E-state index contributed by atoms with van der Waals surface area (Å²) >= 11 is 1.10. The molecule has 1 aromatic rings. The van der Waals surface area contributed by atoms with Gasteiger partial charge in [-0.05, 0) is 19.8 Å². The molecule has 7 heteroatoms. The highest BCUT2D eigenvalue weighted by Crippen LogP contribution is 2.23. The Kier molecular flexibility index (Phi) is 3.35. The van der Waals surface area contributed by atoms with Crippen LogP contribution in [0.5, 0.6) is 0 Å². The first-order chi connectivity index (χ1) is 7.69. The van der Waals surface area contributed by atoms with E-state index in [1.807, 2.05) is 6.92 Å². The van der Waals surface area contributed by atoms with E-state index in [0.29, 0.717) is 10.1 Å². The molecule has 1 aliphatic rings. The molecule has 1 saturated carbocycles. The minimum absolute atomic E-state index is 0.189. The quantitative estimate of drug-likeness (QED) is 0.798. The number of ether oxygens (including phenoxy) is 1. The molecule has 16 heavy (non-hydrogen) atoms. The molecular weight excluding hydrogens is 228 g/mol. The fraction of sp³-hybridized carbons (Fsp3) is 0.667. The van der Waals surface area contributed by atoms with Crippen molar-refractivity contribution in [1.29, 1.82) is 0 Å². The van der Waals surface area contributed by atoms with E-state index in [9.17, 15) is 4.79 Å². The lowest BCUT2D eigenvalue weighted by Gasteiger charge is -2.35. The van der Waals surface area contributed by atoms with Gasteiger partial charge in [-0.15, -0.1) is 10.2 Å². The molecule has 0 unspecified atom stereocenters. The van der Waals surface area contributed by atoms with Crippen LogP contribution in [0.25, 0.3) is 0 Å². The van der Waals surface area contributed by atoms with Crippen LogP contribution in [0.1, 0.15) is 29.6 Å². The van der Waals surface area contributed by atoms with Gasteiger partial charge in [0.2, 0.25) is 10.1 Å². The molecule has 3 N–H and O–H groups in total. The molecular formula is C9H14N4O2S. The zero-order valence-electron chi connectivity index (χ0n) is 8.97. The average molecular weight is 242 g/mol. The number of rotatable bonds is 4. The maximum Gasteiger partial charge on any atom is 0.282 e. The van der Waals surface area contributed by atoms with Gasteiger partial charge < -0.3 is 15.8 Å². The monoisotopic (exact) mass is 242 g/mol. The van der Waals surface area contributed by atoms with Crippen molar-refractivity contribution in [3.63, 3.8) is 0 Å². The third kappa shape index (κ3) is 2.48. The van der Waals surface area contributed by atoms with E-state index in [1.54, 1.807) is 0 Å². The summed E-state index contributed by atoms with van der Waals surface area (Å²) in [6, 6.07) is 0.189. The summed E-state index contributed by atoms with van der Waals surface area (Å²) in [6.45, 7) is 2.69. The van der Waals surface area contributed by atoms with Crippen molar-refractivity contribution in [1.82, 2.24) is 15.5 Å². The standard InChI is InChI=1S/C9H14N4O2S/c1-2-15-6-3-5(4-6)11-7(14)8-12-13-9(10)16-8/h5-6H,2-4H2,1H3,(H2,10,13)(H,11,14). The van der Waals surface area contributed by atoms with E-state index in [-0.39, 0.29) is 18.1 Å². The molecule has 1 fully saturated rings. The molecule has 0 atom stereocenters. The third-order valence-electron chi connectivity index (χ3n) is 2.47.